The average molecular weight is 361 g/mol. The topological polar surface area (TPSA) is 76.7 Å². The molecule has 0 radical (unpaired) electrons. The van der Waals surface area contributed by atoms with E-state index in [0.29, 0.717) is 22.9 Å². The minimum atomic E-state index is -0.813. The molecule has 0 bridgehead atoms. The second kappa shape index (κ2) is 7.90. The summed E-state index contributed by atoms with van der Waals surface area (Å²) < 4.78 is 11.0. The predicted octanol–water partition coefficient (Wildman–Crippen LogP) is 2.26. The summed E-state index contributed by atoms with van der Waals surface area (Å²) in [7, 11) is 0. The standard InChI is InChI=1S/C18H17ClN2O4/c19-13-8-5-12(6-9-13)7-10-17(22)20-21-18(23)16-11-24-14-3-1-2-4-15(14)25-16/h1-6,8-9,16H,7,10-11H2,(H,20,22)(H,21,23). The van der Waals surface area contributed by atoms with Gasteiger partial charge in [0.15, 0.2) is 11.5 Å². The maximum Gasteiger partial charge on any atom is 0.283 e. The van der Waals surface area contributed by atoms with Crippen LogP contribution in [-0.2, 0) is 16.0 Å². The van der Waals surface area contributed by atoms with Crippen LogP contribution < -0.4 is 20.3 Å². The molecule has 25 heavy (non-hydrogen) atoms. The number of hydrazine groups is 1. The second-order valence-corrected chi connectivity index (χ2v) is 5.96. The van der Waals surface area contributed by atoms with Crippen molar-refractivity contribution < 1.29 is 19.1 Å². The molecule has 0 aromatic heterocycles. The van der Waals surface area contributed by atoms with E-state index in [0.717, 1.165) is 5.56 Å². The van der Waals surface area contributed by atoms with Crippen LogP contribution in [0.2, 0.25) is 5.02 Å². The van der Waals surface area contributed by atoms with Crippen LogP contribution in [0.4, 0.5) is 0 Å². The van der Waals surface area contributed by atoms with Crippen molar-refractivity contribution in [2.45, 2.75) is 18.9 Å². The molecule has 0 spiro atoms. The molecular formula is C18H17ClN2O4. The fraction of sp³-hybridized carbons (Fsp3) is 0.222. The Morgan fingerprint density at radius 1 is 1.04 bits per heavy atom. The first kappa shape index (κ1) is 17.1. The SMILES string of the molecule is O=C(CCc1ccc(Cl)cc1)NNC(=O)C1COc2ccccc2O1. The minimum Gasteiger partial charge on any atom is -0.485 e. The molecule has 0 fully saturated rings. The number of benzene rings is 2. The molecule has 1 aliphatic heterocycles. The van der Waals surface area contributed by atoms with Gasteiger partial charge in [0.2, 0.25) is 12.0 Å². The van der Waals surface area contributed by atoms with E-state index in [2.05, 4.69) is 10.9 Å². The molecule has 1 heterocycles. The van der Waals surface area contributed by atoms with Gasteiger partial charge in [-0.25, -0.2) is 0 Å². The fourth-order valence-electron chi connectivity index (χ4n) is 2.33. The van der Waals surface area contributed by atoms with E-state index in [1.165, 1.54) is 0 Å². The summed E-state index contributed by atoms with van der Waals surface area (Å²) in [4.78, 5) is 23.9. The monoisotopic (exact) mass is 360 g/mol. The van der Waals surface area contributed by atoms with Gasteiger partial charge in [0.1, 0.15) is 6.61 Å². The molecule has 0 saturated heterocycles. The smallest absolute Gasteiger partial charge is 0.283 e. The van der Waals surface area contributed by atoms with Gasteiger partial charge in [-0.1, -0.05) is 35.9 Å². The molecule has 7 heteroatoms. The van der Waals surface area contributed by atoms with Crippen LogP contribution in [-0.4, -0.2) is 24.5 Å². The van der Waals surface area contributed by atoms with Crippen LogP contribution in [0.15, 0.2) is 48.5 Å². The quantitative estimate of drug-likeness (QED) is 0.820. The molecule has 2 N–H and O–H groups in total. The Hall–Kier alpha value is -2.73. The highest BCUT2D eigenvalue weighted by Crippen LogP contribution is 2.30. The van der Waals surface area contributed by atoms with Crippen molar-refractivity contribution in [2.75, 3.05) is 6.61 Å². The van der Waals surface area contributed by atoms with E-state index in [1.807, 2.05) is 18.2 Å². The third kappa shape index (κ3) is 4.64. The molecule has 0 aliphatic carbocycles. The number of amides is 2. The number of hydrogen-bond acceptors (Lipinski definition) is 4. The molecular weight excluding hydrogens is 344 g/mol. The van der Waals surface area contributed by atoms with Crippen molar-refractivity contribution >= 4 is 23.4 Å². The molecule has 2 aromatic rings. The van der Waals surface area contributed by atoms with Gasteiger partial charge in [-0.2, -0.15) is 0 Å². The van der Waals surface area contributed by atoms with Crippen LogP contribution >= 0.6 is 11.6 Å². The summed E-state index contributed by atoms with van der Waals surface area (Å²) in [5, 5.41) is 0.650. The van der Waals surface area contributed by atoms with E-state index < -0.39 is 12.0 Å². The van der Waals surface area contributed by atoms with Crippen molar-refractivity contribution in [1.29, 1.82) is 0 Å². The van der Waals surface area contributed by atoms with Crippen LogP contribution in [0.3, 0.4) is 0 Å². The zero-order valence-electron chi connectivity index (χ0n) is 13.3. The van der Waals surface area contributed by atoms with Crippen molar-refractivity contribution in [3.8, 4) is 11.5 Å². The van der Waals surface area contributed by atoms with E-state index in [1.54, 1.807) is 30.3 Å². The molecule has 1 aliphatic rings. The van der Waals surface area contributed by atoms with Gasteiger partial charge in [-0.15, -0.1) is 0 Å². The Morgan fingerprint density at radius 2 is 1.76 bits per heavy atom. The maximum atomic E-state index is 12.1. The largest absolute Gasteiger partial charge is 0.485 e. The lowest BCUT2D eigenvalue weighted by atomic mass is 10.1. The third-order valence-corrected chi connectivity index (χ3v) is 3.93. The summed E-state index contributed by atoms with van der Waals surface area (Å²) in [6.45, 7) is 0.0868. The normalized spacial score (nSPS) is 15.3. The Labute approximate surface area is 150 Å². The van der Waals surface area contributed by atoms with Gasteiger partial charge in [-0.3, -0.25) is 20.4 Å². The van der Waals surface area contributed by atoms with Crippen molar-refractivity contribution in [2.24, 2.45) is 0 Å². The molecule has 130 valence electrons. The van der Waals surface area contributed by atoms with Gasteiger partial charge < -0.3 is 9.47 Å². The number of halogens is 1. The number of nitrogens with one attached hydrogen (secondary N) is 2. The highest BCUT2D eigenvalue weighted by Gasteiger charge is 2.27. The Bertz CT molecular complexity index is 764. The van der Waals surface area contributed by atoms with Crippen molar-refractivity contribution in [1.82, 2.24) is 10.9 Å². The summed E-state index contributed by atoms with van der Waals surface area (Å²) in [5.41, 5.74) is 5.74. The van der Waals surface area contributed by atoms with Crippen LogP contribution in [0.25, 0.3) is 0 Å². The van der Waals surface area contributed by atoms with Crippen LogP contribution in [0, 0.1) is 0 Å². The van der Waals surface area contributed by atoms with E-state index in [-0.39, 0.29) is 18.9 Å². The Balaban J connectivity index is 1.43. The van der Waals surface area contributed by atoms with Gasteiger partial charge in [0.25, 0.3) is 5.91 Å². The predicted molar refractivity (Wildman–Crippen MR) is 92.4 cm³/mol. The number of ether oxygens (including phenoxy) is 2. The lowest BCUT2D eigenvalue weighted by molar-refractivity contribution is -0.135. The van der Waals surface area contributed by atoms with Gasteiger partial charge >= 0.3 is 0 Å². The first-order valence-corrected chi connectivity index (χ1v) is 8.21. The minimum absolute atomic E-state index is 0.0868. The number of hydrogen-bond donors (Lipinski definition) is 2. The van der Waals surface area contributed by atoms with E-state index in [9.17, 15) is 9.59 Å². The third-order valence-electron chi connectivity index (χ3n) is 3.68. The molecule has 1 atom stereocenters. The molecule has 6 nitrogen and oxygen atoms in total. The highest BCUT2D eigenvalue weighted by molar-refractivity contribution is 6.30. The highest BCUT2D eigenvalue weighted by atomic mass is 35.5. The van der Waals surface area contributed by atoms with Crippen molar-refractivity contribution in [3.63, 3.8) is 0 Å². The number of carbonyl (C=O) groups is 2. The van der Waals surface area contributed by atoms with E-state index >= 15 is 0 Å². The molecule has 2 aromatic carbocycles. The van der Waals surface area contributed by atoms with Crippen molar-refractivity contribution in [3.05, 3.63) is 59.1 Å². The lowest BCUT2D eigenvalue weighted by Gasteiger charge is -2.25. The number of fused-ring (bicyclic) bond motifs is 1. The zero-order chi connectivity index (χ0) is 17.6. The Kier molecular flexibility index (Phi) is 5.40. The van der Waals surface area contributed by atoms with Gasteiger partial charge in [0, 0.05) is 11.4 Å². The summed E-state index contributed by atoms with van der Waals surface area (Å²) in [6.07, 6.45) is -0.0198. The summed E-state index contributed by atoms with van der Waals surface area (Å²) >= 11 is 5.82. The summed E-state index contributed by atoms with van der Waals surface area (Å²) in [5.74, 6) is 0.344. The fourth-order valence-corrected chi connectivity index (χ4v) is 2.46. The first-order chi connectivity index (χ1) is 12.1. The van der Waals surface area contributed by atoms with Gasteiger partial charge in [0.05, 0.1) is 0 Å². The van der Waals surface area contributed by atoms with Crippen LogP contribution in [0.5, 0.6) is 11.5 Å². The van der Waals surface area contributed by atoms with Crippen LogP contribution in [0.1, 0.15) is 12.0 Å². The number of rotatable bonds is 4. The second-order valence-electron chi connectivity index (χ2n) is 5.53. The van der Waals surface area contributed by atoms with Gasteiger partial charge in [-0.05, 0) is 36.2 Å². The molecule has 2 amide bonds. The zero-order valence-corrected chi connectivity index (χ0v) is 14.1. The molecule has 3 rings (SSSR count). The number of carbonyl (C=O) groups excluding carboxylic acids is 2. The molecule has 1 unspecified atom stereocenters. The first-order valence-electron chi connectivity index (χ1n) is 7.83. The average Bonchev–Trinajstić information content (AvgIpc) is 2.65. The van der Waals surface area contributed by atoms with E-state index in [4.69, 9.17) is 21.1 Å². The number of para-hydroxylation sites is 2. The maximum absolute atomic E-state index is 12.1. The lowest BCUT2D eigenvalue weighted by Crippen LogP contribution is -2.50. The summed E-state index contributed by atoms with van der Waals surface area (Å²) in [6, 6.07) is 14.4. The number of aryl methyl sites for hydroxylation is 1. The molecule has 0 saturated carbocycles. The Morgan fingerprint density at radius 3 is 2.52 bits per heavy atom.